The minimum absolute atomic E-state index is 0.327. The lowest BCUT2D eigenvalue weighted by Crippen LogP contribution is -2.38. The smallest absolute Gasteiger partial charge is 0.333 e. The van der Waals surface area contributed by atoms with Crippen LogP contribution in [0.2, 0.25) is 0 Å². The summed E-state index contributed by atoms with van der Waals surface area (Å²) in [6, 6.07) is 0. The molecular formula is C14H18O3. The Kier molecular flexibility index (Phi) is 2.58. The lowest BCUT2D eigenvalue weighted by molar-refractivity contribution is -0.143. The first-order chi connectivity index (χ1) is 8.18. The number of ether oxygens (including phenoxy) is 2. The summed E-state index contributed by atoms with van der Waals surface area (Å²) in [5, 5.41) is 0. The van der Waals surface area contributed by atoms with Gasteiger partial charge in [-0.25, -0.2) is 4.79 Å². The monoisotopic (exact) mass is 234 g/mol. The van der Waals surface area contributed by atoms with E-state index in [4.69, 9.17) is 9.47 Å². The minimum atomic E-state index is -0.327. The maximum atomic E-state index is 11.1. The molecule has 4 unspecified atom stereocenters. The Labute approximate surface area is 101 Å². The molecule has 0 saturated heterocycles. The van der Waals surface area contributed by atoms with Crippen molar-refractivity contribution in [2.45, 2.75) is 19.4 Å². The molecule has 4 aliphatic rings. The van der Waals surface area contributed by atoms with Gasteiger partial charge in [0.2, 0.25) is 0 Å². The van der Waals surface area contributed by atoms with Crippen molar-refractivity contribution in [2.75, 3.05) is 13.2 Å². The van der Waals surface area contributed by atoms with Gasteiger partial charge in [0.25, 0.3) is 0 Å². The Bertz CT molecular complexity index is 367. The number of allylic oxidation sites excluding steroid dienone is 2. The fourth-order valence-corrected chi connectivity index (χ4v) is 3.37. The molecule has 0 radical (unpaired) electrons. The van der Waals surface area contributed by atoms with E-state index in [1.54, 1.807) is 6.92 Å². The van der Waals surface area contributed by atoms with Gasteiger partial charge in [0.15, 0.2) is 0 Å². The van der Waals surface area contributed by atoms with Crippen LogP contribution in [0.3, 0.4) is 0 Å². The maximum Gasteiger partial charge on any atom is 0.333 e. The Morgan fingerprint density at radius 3 is 2.47 bits per heavy atom. The number of rotatable bonds is 5. The van der Waals surface area contributed by atoms with Crippen molar-refractivity contribution >= 4 is 5.97 Å². The van der Waals surface area contributed by atoms with E-state index in [0.29, 0.717) is 24.9 Å². The fourth-order valence-electron chi connectivity index (χ4n) is 3.37. The van der Waals surface area contributed by atoms with Gasteiger partial charge in [0.1, 0.15) is 6.61 Å². The van der Waals surface area contributed by atoms with Gasteiger partial charge in [-0.15, -0.1) is 0 Å². The quantitative estimate of drug-likeness (QED) is 0.315. The van der Waals surface area contributed by atoms with E-state index in [1.807, 2.05) is 0 Å². The molecule has 0 amide bonds. The molecule has 4 atom stereocenters. The first-order valence-electron chi connectivity index (χ1n) is 6.31. The average Bonchev–Trinajstić information content (AvgIpc) is 2.60. The van der Waals surface area contributed by atoms with E-state index in [-0.39, 0.29) is 5.97 Å². The summed E-state index contributed by atoms with van der Waals surface area (Å²) in [6.07, 6.45) is 6.36. The summed E-state index contributed by atoms with van der Waals surface area (Å²) < 4.78 is 10.8. The second-order valence-corrected chi connectivity index (χ2v) is 5.35. The first-order valence-corrected chi connectivity index (χ1v) is 6.31. The van der Waals surface area contributed by atoms with Crippen LogP contribution in [0.25, 0.3) is 0 Å². The van der Waals surface area contributed by atoms with Crippen LogP contribution in [0.15, 0.2) is 24.3 Å². The van der Waals surface area contributed by atoms with Gasteiger partial charge < -0.3 is 9.47 Å². The fraction of sp³-hybridized carbons (Fsp3) is 0.643. The van der Waals surface area contributed by atoms with Gasteiger partial charge >= 0.3 is 5.97 Å². The number of esters is 1. The van der Waals surface area contributed by atoms with Gasteiger partial charge in [-0.3, -0.25) is 0 Å². The minimum Gasteiger partial charge on any atom is -0.460 e. The molecule has 3 nitrogen and oxygen atoms in total. The molecule has 0 aromatic heterocycles. The molecule has 4 rings (SSSR count). The third-order valence-corrected chi connectivity index (χ3v) is 4.35. The molecule has 0 spiro atoms. The van der Waals surface area contributed by atoms with Gasteiger partial charge in [0, 0.05) is 5.57 Å². The topological polar surface area (TPSA) is 35.5 Å². The van der Waals surface area contributed by atoms with E-state index in [9.17, 15) is 4.79 Å². The summed E-state index contributed by atoms with van der Waals surface area (Å²) in [5.74, 6) is 2.69. The lowest BCUT2D eigenvalue weighted by atomic mass is 9.79. The van der Waals surface area contributed by atoms with Crippen molar-refractivity contribution < 1.29 is 14.3 Å². The van der Waals surface area contributed by atoms with Crippen molar-refractivity contribution in [3.8, 4) is 0 Å². The molecule has 92 valence electrons. The van der Waals surface area contributed by atoms with Crippen molar-refractivity contribution in [1.29, 1.82) is 0 Å². The van der Waals surface area contributed by atoms with Gasteiger partial charge in [-0.2, -0.15) is 0 Å². The highest BCUT2D eigenvalue weighted by molar-refractivity contribution is 5.86. The number of hydrogen-bond donors (Lipinski definition) is 0. The highest BCUT2D eigenvalue weighted by atomic mass is 16.6. The number of carbonyl (C=O) groups excluding carboxylic acids is 1. The van der Waals surface area contributed by atoms with Crippen LogP contribution in [0.4, 0.5) is 0 Å². The Balaban J connectivity index is 1.37. The zero-order valence-corrected chi connectivity index (χ0v) is 10.1. The van der Waals surface area contributed by atoms with Gasteiger partial charge in [-0.05, 0) is 37.0 Å². The van der Waals surface area contributed by atoms with Crippen molar-refractivity contribution in [3.63, 3.8) is 0 Å². The largest absolute Gasteiger partial charge is 0.460 e. The van der Waals surface area contributed by atoms with Crippen molar-refractivity contribution in [1.82, 2.24) is 0 Å². The summed E-state index contributed by atoms with van der Waals surface area (Å²) in [6.45, 7) is 6.03. The molecule has 3 saturated carbocycles. The molecule has 4 aliphatic carbocycles. The molecule has 17 heavy (non-hydrogen) atoms. The molecule has 3 heteroatoms. The maximum absolute atomic E-state index is 11.1. The Morgan fingerprint density at radius 2 is 1.94 bits per heavy atom. The Hall–Kier alpha value is -1.09. The summed E-state index contributed by atoms with van der Waals surface area (Å²) in [5.41, 5.74) is 0.441. The molecule has 0 aliphatic heterocycles. The molecule has 0 heterocycles. The first kappa shape index (κ1) is 11.0. The van der Waals surface area contributed by atoms with E-state index in [0.717, 1.165) is 23.7 Å². The van der Waals surface area contributed by atoms with Crippen molar-refractivity contribution in [3.05, 3.63) is 24.3 Å². The van der Waals surface area contributed by atoms with E-state index >= 15 is 0 Å². The highest BCUT2D eigenvalue weighted by Gasteiger charge is 2.60. The van der Waals surface area contributed by atoms with E-state index in [1.165, 1.54) is 6.42 Å². The highest BCUT2D eigenvalue weighted by Crippen LogP contribution is 2.62. The van der Waals surface area contributed by atoms with Crippen LogP contribution in [0.5, 0.6) is 0 Å². The summed E-state index contributed by atoms with van der Waals surface area (Å²) in [4.78, 5) is 11.1. The van der Waals surface area contributed by atoms with Gasteiger partial charge in [0.05, 0.1) is 12.7 Å². The SMILES string of the molecule is C=C(C)C(=O)OCCOC1C2CC1C1C=CC12. The third kappa shape index (κ3) is 1.64. The Morgan fingerprint density at radius 1 is 1.29 bits per heavy atom. The summed E-state index contributed by atoms with van der Waals surface area (Å²) >= 11 is 0. The molecular weight excluding hydrogens is 216 g/mol. The van der Waals surface area contributed by atoms with Crippen LogP contribution in [-0.4, -0.2) is 25.3 Å². The summed E-state index contributed by atoms with van der Waals surface area (Å²) in [7, 11) is 0. The van der Waals surface area contributed by atoms with Crippen LogP contribution in [0.1, 0.15) is 13.3 Å². The predicted octanol–water partition coefficient (Wildman–Crippen LogP) is 1.94. The molecule has 0 aromatic carbocycles. The van der Waals surface area contributed by atoms with Crippen LogP contribution < -0.4 is 0 Å². The molecule has 3 fully saturated rings. The molecule has 2 bridgehead atoms. The zero-order chi connectivity index (χ0) is 12.0. The van der Waals surface area contributed by atoms with Gasteiger partial charge in [-0.1, -0.05) is 18.7 Å². The predicted molar refractivity (Wildman–Crippen MR) is 63.2 cm³/mol. The zero-order valence-electron chi connectivity index (χ0n) is 10.1. The second kappa shape index (κ2) is 3.98. The standard InChI is InChI=1S/C14H18O3/c1-8(2)14(15)17-6-5-16-13-11-7-12(13)10-4-3-9(10)11/h3-4,9-13H,1,5-7H2,2H3. The van der Waals surface area contributed by atoms with Crippen molar-refractivity contribution in [2.24, 2.45) is 23.7 Å². The lowest BCUT2D eigenvalue weighted by Gasteiger charge is -2.36. The van der Waals surface area contributed by atoms with Crippen LogP contribution in [0, 0.1) is 23.7 Å². The van der Waals surface area contributed by atoms with E-state index < -0.39 is 0 Å². The van der Waals surface area contributed by atoms with E-state index in [2.05, 4.69) is 18.7 Å². The average molecular weight is 234 g/mol. The number of carbonyl (C=O) groups is 1. The second-order valence-electron chi connectivity index (χ2n) is 5.35. The molecule has 0 N–H and O–H groups in total. The molecule has 0 aromatic rings. The third-order valence-electron chi connectivity index (χ3n) is 4.35. The van der Waals surface area contributed by atoms with Crippen LogP contribution in [-0.2, 0) is 14.3 Å². The normalized spacial score (nSPS) is 40.2. The number of hydrogen-bond acceptors (Lipinski definition) is 3. The van der Waals surface area contributed by atoms with Crippen LogP contribution >= 0.6 is 0 Å².